The maximum Gasteiger partial charge on any atom is 0.227 e. The second kappa shape index (κ2) is 9.73. The van der Waals surface area contributed by atoms with Gasteiger partial charge in [-0.05, 0) is 29.4 Å². The average molecular weight is 413 g/mol. The lowest BCUT2D eigenvalue weighted by Crippen LogP contribution is -2.38. The first-order valence-corrected chi connectivity index (χ1v) is 11.1. The summed E-state index contributed by atoms with van der Waals surface area (Å²) in [7, 11) is 0. The third kappa shape index (κ3) is 6.66. The number of nitrogens with one attached hydrogen (secondary N) is 1. The maximum absolute atomic E-state index is 12.2. The number of aryl methyl sites for hydroxylation is 1. The minimum atomic E-state index is -0.152. The number of hydrogen-bond donors (Lipinski definition) is 1. The van der Waals surface area contributed by atoms with Gasteiger partial charge in [-0.3, -0.25) is 9.69 Å². The molecule has 0 spiro atoms. The first-order chi connectivity index (χ1) is 14.2. The van der Waals surface area contributed by atoms with Gasteiger partial charge in [0.15, 0.2) is 5.82 Å². The highest BCUT2D eigenvalue weighted by Gasteiger charge is 2.22. The Morgan fingerprint density at radius 2 is 1.77 bits per heavy atom. The Balaban J connectivity index is 1.41. The number of likely N-dealkylation sites (tertiary alicyclic amines) is 1. The van der Waals surface area contributed by atoms with Crippen LogP contribution in [0, 0.1) is 11.8 Å². The molecule has 2 unspecified atom stereocenters. The van der Waals surface area contributed by atoms with E-state index in [1.807, 2.05) is 20.8 Å². The van der Waals surface area contributed by atoms with Crippen LogP contribution in [0.25, 0.3) is 0 Å². The fraction of sp³-hybridized carbons (Fsp3) is 0.625. The zero-order valence-corrected chi connectivity index (χ0v) is 19.1. The number of amides is 1. The van der Waals surface area contributed by atoms with Crippen LogP contribution in [0.1, 0.15) is 70.3 Å². The van der Waals surface area contributed by atoms with Gasteiger partial charge in [-0.1, -0.05) is 64.0 Å². The molecule has 2 atom stereocenters. The minimum Gasteiger partial charge on any atom is -0.352 e. The van der Waals surface area contributed by atoms with Gasteiger partial charge in [0.1, 0.15) is 0 Å². The van der Waals surface area contributed by atoms with Crippen LogP contribution < -0.4 is 5.32 Å². The van der Waals surface area contributed by atoms with E-state index in [1.165, 1.54) is 25.1 Å². The third-order valence-electron chi connectivity index (χ3n) is 5.57. The zero-order valence-electron chi connectivity index (χ0n) is 19.1. The van der Waals surface area contributed by atoms with Crippen molar-refractivity contribution in [2.24, 2.45) is 11.8 Å². The van der Waals surface area contributed by atoms with E-state index < -0.39 is 0 Å². The van der Waals surface area contributed by atoms with E-state index in [-0.39, 0.29) is 11.3 Å². The molecule has 2 aromatic rings. The van der Waals surface area contributed by atoms with Crippen LogP contribution in [0.4, 0.5) is 0 Å². The molecule has 1 fully saturated rings. The molecule has 2 heterocycles. The first-order valence-electron chi connectivity index (χ1n) is 11.1. The van der Waals surface area contributed by atoms with Crippen molar-refractivity contribution in [2.75, 3.05) is 13.1 Å². The normalized spacial score (nSPS) is 20.3. The molecule has 0 radical (unpaired) electrons. The molecule has 164 valence electrons. The number of hydrogen-bond acceptors (Lipinski definition) is 5. The number of carbonyl (C=O) groups is 1. The lowest BCUT2D eigenvalue weighted by Gasteiger charge is -2.35. The van der Waals surface area contributed by atoms with Crippen molar-refractivity contribution in [3.05, 3.63) is 47.1 Å². The Labute approximate surface area is 180 Å². The Morgan fingerprint density at radius 1 is 1.13 bits per heavy atom. The number of aromatic nitrogens is 2. The molecule has 3 rings (SSSR count). The van der Waals surface area contributed by atoms with Crippen LogP contribution in [-0.4, -0.2) is 34.0 Å². The molecular weight excluding hydrogens is 376 g/mol. The quantitative estimate of drug-likeness (QED) is 0.741. The molecule has 6 nitrogen and oxygen atoms in total. The molecule has 30 heavy (non-hydrogen) atoms. The fourth-order valence-corrected chi connectivity index (χ4v) is 4.11. The zero-order chi connectivity index (χ0) is 21.7. The summed E-state index contributed by atoms with van der Waals surface area (Å²) in [6.07, 6.45) is 2.13. The van der Waals surface area contributed by atoms with Gasteiger partial charge in [-0.25, -0.2) is 0 Å². The Hall–Kier alpha value is -2.21. The van der Waals surface area contributed by atoms with Gasteiger partial charge >= 0.3 is 0 Å². The molecule has 1 aliphatic rings. The third-order valence-corrected chi connectivity index (χ3v) is 5.57. The van der Waals surface area contributed by atoms with Crippen molar-refractivity contribution in [1.82, 2.24) is 20.4 Å². The highest BCUT2D eigenvalue weighted by molar-refractivity contribution is 5.76. The van der Waals surface area contributed by atoms with E-state index in [1.54, 1.807) is 0 Å². The van der Waals surface area contributed by atoms with Gasteiger partial charge in [-0.2, -0.15) is 4.98 Å². The van der Waals surface area contributed by atoms with Crippen LogP contribution in [0.15, 0.2) is 28.8 Å². The summed E-state index contributed by atoms with van der Waals surface area (Å²) in [5.41, 5.74) is 2.29. The van der Waals surface area contributed by atoms with E-state index >= 15 is 0 Å². The standard InChI is InChI=1S/C24H36N4O2/c1-17-12-18(2)15-28(14-17)16-20-8-6-19(7-9-20)13-25-21(29)10-11-22-26-23(27-30-22)24(3,4)5/h6-9,17-18H,10-16H2,1-5H3,(H,25,29). The Morgan fingerprint density at radius 3 is 2.37 bits per heavy atom. The van der Waals surface area contributed by atoms with Crippen LogP contribution in [-0.2, 0) is 29.7 Å². The van der Waals surface area contributed by atoms with Crippen LogP contribution in [0.5, 0.6) is 0 Å². The number of carbonyl (C=O) groups excluding carboxylic acids is 1. The van der Waals surface area contributed by atoms with E-state index in [0.717, 1.165) is 23.9 Å². The summed E-state index contributed by atoms with van der Waals surface area (Å²) < 4.78 is 5.25. The van der Waals surface area contributed by atoms with Crippen molar-refractivity contribution in [3.8, 4) is 0 Å². The van der Waals surface area contributed by atoms with Crippen LogP contribution in [0.3, 0.4) is 0 Å². The molecule has 0 bridgehead atoms. The molecular formula is C24H36N4O2. The highest BCUT2D eigenvalue weighted by Crippen LogP contribution is 2.22. The lowest BCUT2D eigenvalue weighted by atomic mass is 9.91. The first kappa shape index (κ1) is 22.5. The van der Waals surface area contributed by atoms with Crippen LogP contribution >= 0.6 is 0 Å². The average Bonchev–Trinajstić information content (AvgIpc) is 3.14. The van der Waals surface area contributed by atoms with Crippen molar-refractivity contribution >= 4 is 5.91 Å². The van der Waals surface area contributed by atoms with Crippen molar-refractivity contribution < 1.29 is 9.32 Å². The van der Waals surface area contributed by atoms with Gasteiger partial charge < -0.3 is 9.84 Å². The summed E-state index contributed by atoms with van der Waals surface area (Å²) in [6.45, 7) is 14.7. The molecule has 1 aromatic heterocycles. The van der Waals surface area contributed by atoms with Gasteiger partial charge in [0, 0.05) is 44.4 Å². The van der Waals surface area contributed by atoms with E-state index in [0.29, 0.717) is 31.1 Å². The summed E-state index contributed by atoms with van der Waals surface area (Å²) in [5.74, 6) is 2.73. The molecule has 0 saturated carbocycles. The molecule has 1 aromatic carbocycles. The van der Waals surface area contributed by atoms with Gasteiger partial charge in [0.2, 0.25) is 11.8 Å². The van der Waals surface area contributed by atoms with Crippen molar-refractivity contribution in [3.63, 3.8) is 0 Å². The Bertz CT molecular complexity index is 812. The second-order valence-corrected chi connectivity index (χ2v) is 10.00. The summed E-state index contributed by atoms with van der Waals surface area (Å²) in [5, 5.41) is 6.98. The number of rotatable bonds is 7. The lowest BCUT2D eigenvalue weighted by molar-refractivity contribution is -0.121. The van der Waals surface area contributed by atoms with Crippen molar-refractivity contribution in [1.29, 1.82) is 0 Å². The predicted octanol–water partition coefficient (Wildman–Crippen LogP) is 4.09. The predicted molar refractivity (Wildman–Crippen MR) is 118 cm³/mol. The topological polar surface area (TPSA) is 71.3 Å². The molecule has 6 heteroatoms. The van der Waals surface area contributed by atoms with Gasteiger partial charge in [0.25, 0.3) is 0 Å². The Kier molecular flexibility index (Phi) is 7.29. The van der Waals surface area contributed by atoms with Crippen molar-refractivity contribution in [2.45, 2.75) is 72.4 Å². The molecule has 1 amide bonds. The number of nitrogens with zero attached hydrogens (tertiary/aromatic N) is 3. The summed E-state index contributed by atoms with van der Waals surface area (Å²) in [6, 6.07) is 8.58. The molecule has 1 aliphatic heterocycles. The number of piperidine rings is 1. The smallest absolute Gasteiger partial charge is 0.227 e. The minimum absolute atomic E-state index is 0.00845. The SMILES string of the molecule is CC1CC(C)CN(Cc2ccc(CNC(=O)CCc3nc(C(C)(C)C)no3)cc2)C1. The van der Waals surface area contributed by atoms with Gasteiger partial charge in [0.05, 0.1) is 0 Å². The molecule has 1 N–H and O–H groups in total. The fourth-order valence-electron chi connectivity index (χ4n) is 4.11. The summed E-state index contributed by atoms with van der Waals surface area (Å²) in [4.78, 5) is 19.1. The van der Waals surface area contributed by atoms with Gasteiger partial charge in [-0.15, -0.1) is 0 Å². The van der Waals surface area contributed by atoms with E-state index in [2.05, 4.69) is 58.5 Å². The summed E-state index contributed by atoms with van der Waals surface area (Å²) >= 11 is 0. The monoisotopic (exact) mass is 412 g/mol. The second-order valence-electron chi connectivity index (χ2n) is 10.00. The highest BCUT2D eigenvalue weighted by atomic mass is 16.5. The van der Waals surface area contributed by atoms with E-state index in [4.69, 9.17) is 4.52 Å². The van der Waals surface area contributed by atoms with Crippen LogP contribution in [0.2, 0.25) is 0 Å². The molecule has 1 saturated heterocycles. The van der Waals surface area contributed by atoms with E-state index in [9.17, 15) is 4.79 Å². The molecule has 0 aliphatic carbocycles. The largest absolute Gasteiger partial charge is 0.352 e. The number of benzene rings is 1. The maximum atomic E-state index is 12.2.